The lowest BCUT2D eigenvalue weighted by atomic mass is 10.1. The van der Waals surface area contributed by atoms with Gasteiger partial charge in [-0.3, -0.25) is 0 Å². The van der Waals surface area contributed by atoms with Gasteiger partial charge in [-0.15, -0.1) is 0 Å². The van der Waals surface area contributed by atoms with E-state index in [1.165, 1.54) is 5.56 Å². The first kappa shape index (κ1) is 16.1. The van der Waals surface area contributed by atoms with Crippen LogP contribution in [0.2, 0.25) is 0 Å². The molecule has 2 aromatic rings. The molecule has 5 heteroatoms. The second-order valence-corrected chi connectivity index (χ2v) is 5.55. The summed E-state index contributed by atoms with van der Waals surface area (Å²) in [4.78, 5) is 8.86. The summed E-state index contributed by atoms with van der Waals surface area (Å²) in [7, 11) is 1.68. The molecule has 5 nitrogen and oxygen atoms in total. The minimum atomic E-state index is 0.312. The van der Waals surface area contributed by atoms with E-state index in [2.05, 4.69) is 46.6 Å². The van der Waals surface area contributed by atoms with Crippen molar-refractivity contribution in [2.45, 2.75) is 33.2 Å². The van der Waals surface area contributed by atoms with E-state index in [0.29, 0.717) is 12.0 Å². The summed E-state index contributed by atoms with van der Waals surface area (Å²) in [6.45, 7) is 6.92. The molecule has 0 spiro atoms. The van der Waals surface area contributed by atoms with Crippen LogP contribution in [0.15, 0.2) is 30.3 Å². The third-order valence-corrected chi connectivity index (χ3v) is 3.13. The van der Waals surface area contributed by atoms with Crippen LogP contribution in [0.4, 0.5) is 11.8 Å². The largest absolute Gasteiger partial charge is 0.497 e. The summed E-state index contributed by atoms with van der Waals surface area (Å²) in [6.07, 6.45) is 0.910. The van der Waals surface area contributed by atoms with E-state index >= 15 is 0 Å². The standard InChI is InChI=1S/C17H24N4O/c1-12(2)19-17-20-13(3)10-16(21-17)18-9-8-14-6-5-7-15(11-14)22-4/h5-7,10-12H,8-9H2,1-4H3,(H2,18,19,20,21). The van der Waals surface area contributed by atoms with Crippen molar-refractivity contribution in [1.82, 2.24) is 9.97 Å². The van der Waals surface area contributed by atoms with E-state index in [-0.39, 0.29) is 0 Å². The topological polar surface area (TPSA) is 59.1 Å². The molecular formula is C17H24N4O. The number of aromatic nitrogens is 2. The summed E-state index contributed by atoms with van der Waals surface area (Å²) in [5, 5.41) is 6.58. The highest BCUT2D eigenvalue weighted by atomic mass is 16.5. The van der Waals surface area contributed by atoms with Gasteiger partial charge in [0.05, 0.1) is 7.11 Å². The number of anilines is 2. The molecule has 0 amide bonds. The summed E-state index contributed by atoms with van der Waals surface area (Å²) in [5.74, 6) is 2.40. The Balaban J connectivity index is 1.94. The maximum Gasteiger partial charge on any atom is 0.225 e. The Hall–Kier alpha value is -2.30. The monoisotopic (exact) mass is 300 g/mol. The predicted octanol–water partition coefficient (Wildman–Crippen LogP) is 3.27. The molecule has 0 atom stereocenters. The molecule has 0 aliphatic heterocycles. The number of nitrogens with zero attached hydrogens (tertiary/aromatic N) is 2. The number of aryl methyl sites for hydroxylation is 1. The van der Waals surface area contributed by atoms with Crippen LogP contribution >= 0.6 is 0 Å². The lowest BCUT2D eigenvalue weighted by Crippen LogP contribution is -2.14. The predicted molar refractivity (Wildman–Crippen MR) is 90.7 cm³/mol. The minimum Gasteiger partial charge on any atom is -0.497 e. The van der Waals surface area contributed by atoms with Crippen LogP contribution in [0.5, 0.6) is 5.75 Å². The first-order valence-corrected chi connectivity index (χ1v) is 7.56. The van der Waals surface area contributed by atoms with Crippen molar-refractivity contribution < 1.29 is 4.74 Å². The van der Waals surface area contributed by atoms with Gasteiger partial charge in [-0.05, 0) is 44.9 Å². The van der Waals surface area contributed by atoms with Gasteiger partial charge >= 0.3 is 0 Å². The normalized spacial score (nSPS) is 10.6. The quantitative estimate of drug-likeness (QED) is 0.822. The Bertz CT molecular complexity index is 613. The minimum absolute atomic E-state index is 0.312. The van der Waals surface area contributed by atoms with Crippen LogP contribution in [0, 0.1) is 6.92 Å². The van der Waals surface area contributed by atoms with Gasteiger partial charge in [0.15, 0.2) is 0 Å². The average molecular weight is 300 g/mol. The molecule has 22 heavy (non-hydrogen) atoms. The van der Waals surface area contributed by atoms with E-state index in [0.717, 1.165) is 30.2 Å². The van der Waals surface area contributed by atoms with Gasteiger partial charge in [-0.25, -0.2) is 4.98 Å². The van der Waals surface area contributed by atoms with Crippen molar-refractivity contribution in [3.63, 3.8) is 0 Å². The zero-order chi connectivity index (χ0) is 15.9. The summed E-state index contributed by atoms with van der Waals surface area (Å²) >= 11 is 0. The van der Waals surface area contributed by atoms with E-state index in [4.69, 9.17) is 4.74 Å². The Morgan fingerprint density at radius 2 is 2.00 bits per heavy atom. The van der Waals surface area contributed by atoms with Crippen LogP contribution in [-0.4, -0.2) is 29.7 Å². The second-order valence-electron chi connectivity index (χ2n) is 5.55. The van der Waals surface area contributed by atoms with Gasteiger partial charge in [0.25, 0.3) is 0 Å². The number of ether oxygens (including phenoxy) is 1. The number of methoxy groups -OCH3 is 1. The molecule has 2 N–H and O–H groups in total. The first-order chi connectivity index (χ1) is 10.6. The number of rotatable bonds is 7. The van der Waals surface area contributed by atoms with Crippen molar-refractivity contribution in [2.75, 3.05) is 24.3 Å². The fourth-order valence-corrected chi connectivity index (χ4v) is 2.14. The molecule has 0 aliphatic carbocycles. The fraction of sp³-hybridized carbons (Fsp3) is 0.412. The molecule has 0 aliphatic rings. The molecule has 0 saturated carbocycles. The van der Waals surface area contributed by atoms with Gasteiger partial charge in [0.1, 0.15) is 11.6 Å². The number of nitrogens with one attached hydrogen (secondary N) is 2. The Morgan fingerprint density at radius 3 is 2.73 bits per heavy atom. The van der Waals surface area contributed by atoms with Crippen molar-refractivity contribution in [3.05, 3.63) is 41.6 Å². The zero-order valence-electron chi connectivity index (χ0n) is 13.7. The molecule has 1 aromatic carbocycles. The maximum absolute atomic E-state index is 5.24. The second kappa shape index (κ2) is 7.64. The highest BCUT2D eigenvalue weighted by Gasteiger charge is 2.03. The van der Waals surface area contributed by atoms with E-state index in [1.54, 1.807) is 7.11 Å². The van der Waals surface area contributed by atoms with Crippen molar-refractivity contribution in [2.24, 2.45) is 0 Å². The van der Waals surface area contributed by atoms with Crippen LogP contribution < -0.4 is 15.4 Å². The Labute approximate surface area is 132 Å². The SMILES string of the molecule is COc1cccc(CCNc2cc(C)nc(NC(C)C)n2)c1. The molecule has 1 heterocycles. The highest BCUT2D eigenvalue weighted by molar-refractivity contribution is 5.42. The molecule has 1 aromatic heterocycles. The first-order valence-electron chi connectivity index (χ1n) is 7.56. The maximum atomic E-state index is 5.24. The van der Waals surface area contributed by atoms with E-state index in [1.807, 2.05) is 25.1 Å². The van der Waals surface area contributed by atoms with Crippen molar-refractivity contribution in [1.29, 1.82) is 0 Å². The zero-order valence-corrected chi connectivity index (χ0v) is 13.7. The Kier molecular flexibility index (Phi) is 5.58. The van der Waals surface area contributed by atoms with Crippen LogP contribution in [0.3, 0.4) is 0 Å². The van der Waals surface area contributed by atoms with Crippen LogP contribution in [-0.2, 0) is 6.42 Å². The molecule has 0 unspecified atom stereocenters. The van der Waals surface area contributed by atoms with Gasteiger partial charge in [0.2, 0.25) is 5.95 Å². The number of benzene rings is 1. The van der Waals surface area contributed by atoms with Crippen LogP contribution in [0.1, 0.15) is 25.1 Å². The van der Waals surface area contributed by atoms with Gasteiger partial charge in [-0.1, -0.05) is 12.1 Å². The molecule has 118 valence electrons. The van der Waals surface area contributed by atoms with Crippen molar-refractivity contribution in [3.8, 4) is 5.75 Å². The fourth-order valence-electron chi connectivity index (χ4n) is 2.14. The molecule has 0 fully saturated rings. The summed E-state index contributed by atoms with van der Waals surface area (Å²) in [5.41, 5.74) is 2.18. The van der Waals surface area contributed by atoms with Gasteiger partial charge in [-0.2, -0.15) is 4.98 Å². The smallest absolute Gasteiger partial charge is 0.225 e. The van der Waals surface area contributed by atoms with Gasteiger partial charge < -0.3 is 15.4 Å². The lowest BCUT2D eigenvalue weighted by molar-refractivity contribution is 0.414. The summed E-state index contributed by atoms with van der Waals surface area (Å²) in [6, 6.07) is 10.4. The molecule has 0 bridgehead atoms. The molecule has 0 saturated heterocycles. The third kappa shape index (κ3) is 4.91. The molecule has 2 rings (SSSR count). The third-order valence-electron chi connectivity index (χ3n) is 3.13. The van der Waals surface area contributed by atoms with Crippen molar-refractivity contribution >= 4 is 11.8 Å². The van der Waals surface area contributed by atoms with Crippen LogP contribution in [0.25, 0.3) is 0 Å². The van der Waals surface area contributed by atoms with E-state index < -0.39 is 0 Å². The van der Waals surface area contributed by atoms with Gasteiger partial charge in [0, 0.05) is 24.3 Å². The van der Waals surface area contributed by atoms with E-state index in [9.17, 15) is 0 Å². The molecular weight excluding hydrogens is 276 g/mol. The number of hydrogen-bond acceptors (Lipinski definition) is 5. The molecule has 0 radical (unpaired) electrons. The summed E-state index contributed by atoms with van der Waals surface area (Å²) < 4.78 is 5.24. The highest BCUT2D eigenvalue weighted by Crippen LogP contribution is 2.14. The Morgan fingerprint density at radius 1 is 1.18 bits per heavy atom. The lowest BCUT2D eigenvalue weighted by Gasteiger charge is -2.12. The number of hydrogen-bond donors (Lipinski definition) is 2. The average Bonchev–Trinajstić information content (AvgIpc) is 2.46.